The van der Waals surface area contributed by atoms with Crippen molar-refractivity contribution in [3.8, 4) is 11.5 Å². The smallest absolute Gasteiger partial charge is 0.214 e. The van der Waals surface area contributed by atoms with Crippen LogP contribution in [0.15, 0.2) is 42.5 Å². The van der Waals surface area contributed by atoms with Gasteiger partial charge in [0.1, 0.15) is 23.1 Å². The summed E-state index contributed by atoms with van der Waals surface area (Å²) in [5.41, 5.74) is 0.993. The van der Waals surface area contributed by atoms with Crippen LogP contribution in [0.25, 0.3) is 0 Å². The van der Waals surface area contributed by atoms with Crippen molar-refractivity contribution in [2.24, 2.45) is 0 Å². The van der Waals surface area contributed by atoms with Crippen LogP contribution in [0.1, 0.15) is 12.0 Å². The Kier molecular flexibility index (Phi) is 5.85. The Labute approximate surface area is 151 Å². The van der Waals surface area contributed by atoms with Gasteiger partial charge in [0.2, 0.25) is 10.0 Å². The minimum atomic E-state index is -3.05. The minimum absolute atomic E-state index is 0.0974. The molecular formula is C18H20F2N2O3S. The molecule has 2 aromatic carbocycles. The minimum Gasteiger partial charge on any atom is -0.457 e. The maximum absolute atomic E-state index is 13.2. The Hall–Kier alpha value is -2.03. The van der Waals surface area contributed by atoms with Crippen LogP contribution in [0, 0.1) is 11.6 Å². The first kappa shape index (κ1) is 18.8. The van der Waals surface area contributed by atoms with Crippen molar-refractivity contribution in [3.63, 3.8) is 0 Å². The van der Waals surface area contributed by atoms with Crippen LogP contribution in [0.5, 0.6) is 11.5 Å². The summed E-state index contributed by atoms with van der Waals surface area (Å²) >= 11 is 0. The van der Waals surface area contributed by atoms with Gasteiger partial charge in [-0.2, -0.15) is 0 Å². The number of nitrogens with zero attached hydrogens (tertiary/aromatic N) is 1. The lowest BCUT2D eigenvalue weighted by atomic mass is 10.2. The predicted octanol–water partition coefficient (Wildman–Crippen LogP) is 2.88. The molecule has 3 rings (SSSR count). The zero-order chi connectivity index (χ0) is 18.6. The molecule has 1 saturated heterocycles. The van der Waals surface area contributed by atoms with Crippen molar-refractivity contribution in [1.82, 2.24) is 9.62 Å². The van der Waals surface area contributed by atoms with E-state index in [2.05, 4.69) is 5.32 Å². The molecule has 1 aliphatic rings. The SMILES string of the molecule is O=S1(=O)CCCN1CCNCc1ccc(Oc2cc(F)cc(F)c2)cc1. The summed E-state index contributed by atoms with van der Waals surface area (Å²) in [7, 11) is -3.05. The summed E-state index contributed by atoms with van der Waals surface area (Å²) in [6.07, 6.45) is 0.693. The largest absolute Gasteiger partial charge is 0.457 e. The highest BCUT2D eigenvalue weighted by atomic mass is 32.2. The zero-order valence-electron chi connectivity index (χ0n) is 14.1. The molecule has 0 aromatic heterocycles. The van der Waals surface area contributed by atoms with Gasteiger partial charge in [-0.3, -0.25) is 0 Å². The number of ether oxygens (including phenoxy) is 1. The molecule has 0 unspecified atom stereocenters. The van der Waals surface area contributed by atoms with E-state index in [4.69, 9.17) is 4.74 Å². The Bertz CT molecular complexity index is 837. The molecule has 140 valence electrons. The summed E-state index contributed by atoms with van der Waals surface area (Å²) in [5, 5.41) is 3.20. The molecule has 0 spiro atoms. The Morgan fingerprint density at radius 3 is 2.35 bits per heavy atom. The maximum Gasteiger partial charge on any atom is 0.214 e. The molecule has 5 nitrogen and oxygen atoms in total. The molecule has 0 amide bonds. The summed E-state index contributed by atoms with van der Waals surface area (Å²) in [4.78, 5) is 0. The second kappa shape index (κ2) is 8.11. The highest BCUT2D eigenvalue weighted by Crippen LogP contribution is 2.23. The van der Waals surface area contributed by atoms with Crippen molar-refractivity contribution in [3.05, 3.63) is 59.7 Å². The Balaban J connectivity index is 1.47. The van der Waals surface area contributed by atoms with E-state index in [1.165, 1.54) is 4.31 Å². The second-order valence-corrected chi connectivity index (χ2v) is 8.19. The third-order valence-corrected chi connectivity index (χ3v) is 6.02. The average molecular weight is 382 g/mol. The highest BCUT2D eigenvalue weighted by molar-refractivity contribution is 7.89. The third kappa shape index (κ3) is 5.00. The lowest BCUT2D eigenvalue weighted by molar-refractivity contribution is 0.433. The molecule has 0 saturated carbocycles. The topological polar surface area (TPSA) is 58.6 Å². The van der Waals surface area contributed by atoms with Crippen LogP contribution < -0.4 is 10.1 Å². The lowest BCUT2D eigenvalue weighted by Gasteiger charge is -2.14. The average Bonchev–Trinajstić information content (AvgIpc) is 2.90. The summed E-state index contributed by atoms with van der Waals surface area (Å²) in [6.45, 7) is 2.22. The second-order valence-electron chi connectivity index (χ2n) is 6.10. The van der Waals surface area contributed by atoms with Crippen molar-refractivity contribution in [2.45, 2.75) is 13.0 Å². The highest BCUT2D eigenvalue weighted by Gasteiger charge is 2.27. The monoisotopic (exact) mass is 382 g/mol. The number of nitrogens with one attached hydrogen (secondary N) is 1. The van der Waals surface area contributed by atoms with Gasteiger partial charge in [0, 0.05) is 44.4 Å². The standard InChI is InChI=1S/C18H20F2N2O3S/c19-15-10-16(20)12-18(11-15)25-17-4-2-14(3-5-17)13-21-6-8-22-7-1-9-26(22,23)24/h2-5,10-12,21H,1,6-9,13H2. The van der Waals surface area contributed by atoms with Crippen LogP contribution >= 0.6 is 0 Å². The number of rotatable bonds is 7. The first-order valence-corrected chi connectivity index (χ1v) is 9.95. The first-order chi connectivity index (χ1) is 12.4. The summed E-state index contributed by atoms with van der Waals surface area (Å²) < 4.78 is 56.6. The zero-order valence-corrected chi connectivity index (χ0v) is 14.9. The van der Waals surface area contributed by atoms with Crippen molar-refractivity contribution in [1.29, 1.82) is 0 Å². The Morgan fingerprint density at radius 1 is 1.04 bits per heavy atom. The van der Waals surface area contributed by atoms with E-state index in [9.17, 15) is 17.2 Å². The fraction of sp³-hybridized carbons (Fsp3) is 0.333. The number of benzene rings is 2. The molecule has 1 fully saturated rings. The van der Waals surface area contributed by atoms with Crippen molar-refractivity contribution >= 4 is 10.0 Å². The fourth-order valence-electron chi connectivity index (χ4n) is 2.78. The van der Waals surface area contributed by atoms with Crippen LogP contribution in [0.2, 0.25) is 0 Å². The molecule has 8 heteroatoms. The van der Waals surface area contributed by atoms with E-state index in [1.54, 1.807) is 12.1 Å². The van der Waals surface area contributed by atoms with Gasteiger partial charge in [0.25, 0.3) is 0 Å². The molecule has 1 aliphatic heterocycles. The molecule has 0 radical (unpaired) electrons. The van der Waals surface area contributed by atoms with Gasteiger partial charge < -0.3 is 10.1 Å². The molecule has 26 heavy (non-hydrogen) atoms. The first-order valence-electron chi connectivity index (χ1n) is 8.34. The van der Waals surface area contributed by atoms with Gasteiger partial charge in [-0.25, -0.2) is 21.5 Å². The van der Waals surface area contributed by atoms with Gasteiger partial charge in [-0.15, -0.1) is 0 Å². The fourth-order valence-corrected chi connectivity index (χ4v) is 4.31. The van der Waals surface area contributed by atoms with Crippen molar-refractivity contribution in [2.75, 3.05) is 25.4 Å². The van der Waals surface area contributed by atoms with Crippen LogP contribution in [0.3, 0.4) is 0 Å². The molecule has 1 heterocycles. The lowest BCUT2D eigenvalue weighted by Crippen LogP contribution is -2.33. The van der Waals surface area contributed by atoms with Gasteiger partial charge in [0.15, 0.2) is 0 Å². The van der Waals surface area contributed by atoms with E-state index in [0.29, 0.717) is 38.3 Å². The van der Waals surface area contributed by atoms with E-state index in [0.717, 1.165) is 23.8 Å². The molecular weight excluding hydrogens is 362 g/mol. The van der Waals surface area contributed by atoms with E-state index < -0.39 is 21.7 Å². The van der Waals surface area contributed by atoms with Gasteiger partial charge in [-0.05, 0) is 24.1 Å². The van der Waals surface area contributed by atoms with Crippen LogP contribution in [0.4, 0.5) is 8.78 Å². The Morgan fingerprint density at radius 2 is 1.73 bits per heavy atom. The maximum atomic E-state index is 13.2. The number of sulfonamides is 1. The van der Waals surface area contributed by atoms with Gasteiger partial charge in [-0.1, -0.05) is 12.1 Å². The molecule has 0 bridgehead atoms. The van der Waals surface area contributed by atoms with Crippen LogP contribution in [-0.4, -0.2) is 38.1 Å². The number of hydrogen-bond acceptors (Lipinski definition) is 4. The molecule has 1 N–H and O–H groups in total. The number of hydrogen-bond donors (Lipinski definition) is 1. The normalized spacial score (nSPS) is 16.7. The van der Waals surface area contributed by atoms with E-state index in [1.807, 2.05) is 12.1 Å². The van der Waals surface area contributed by atoms with E-state index in [-0.39, 0.29) is 11.5 Å². The molecule has 0 aliphatic carbocycles. The third-order valence-electron chi connectivity index (χ3n) is 4.07. The van der Waals surface area contributed by atoms with E-state index >= 15 is 0 Å². The van der Waals surface area contributed by atoms with Gasteiger partial charge in [0.05, 0.1) is 5.75 Å². The van der Waals surface area contributed by atoms with Crippen LogP contribution in [-0.2, 0) is 16.6 Å². The quantitative estimate of drug-likeness (QED) is 0.748. The summed E-state index contributed by atoms with van der Waals surface area (Å²) in [6, 6.07) is 10.1. The summed E-state index contributed by atoms with van der Waals surface area (Å²) in [5.74, 6) is -0.576. The number of halogens is 2. The van der Waals surface area contributed by atoms with Gasteiger partial charge >= 0.3 is 0 Å². The van der Waals surface area contributed by atoms with Crippen molar-refractivity contribution < 1.29 is 21.9 Å². The molecule has 2 aromatic rings. The predicted molar refractivity (Wildman–Crippen MR) is 94.6 cm³/mol. The molecule has 0 atom stereocenters.